The van der Waals surface area contributed by atoms with Gasteiger partial charge in [-0.1, -0.05) is 6.92 Å². The standard InChI is InChI=1S/C10H13F3N2O2/c1-3-7-6(2)14-8(15-9(7)16)4-17-5-10(11,12)13/h3-5H2,1-2H3,(H,14,15,16). The maximum atomic E-state index is 11.8. The largest absolute Gasteiger partial charge is 0.411 e. The number of halogens is 3. The summed E-state index contributed by atoms with van der Waals surface area (Å²) in [6, 6.07) is 0. The van der Waals surface area contributed by atoms with Gasteiger partial charge in [-0.15, -0.1) is 0 Å². The van der Waals surface area contributed by atoms with Gasteiger partial charge in [-0.2, -0.15) is 13.2 Å². The van der Waals surface area contributed by atoms with E-state index in [1.807, 2.05) is 0 Å². The zero-order valence-corrected chi connectivity index (χ0v) is 9.52. The maximum Gasteiger partial charge on any atom is 0.411 e. The van der Waals surface area contributed by atoms with E-state index in [1.54, 1.807) is 13.8 Å². The lowest BCUT2D eigenvalue weighted by atomic mass is 10.2. The topological polar surface area (TPSA) is 55.0 Å². The van der Waals surface area contributed by atoms with E-state index in [4.69, 9.17) is 0 Å². The van der Waals surface area contributed by atoms with E-state index in [2.05, 4.69) is 14.7 Å². The van der Waals surface area contributed by atoms with Crippen LogP contribution in [0.1, 0.15) is 24.0 Å². The Hall–Kier alpha value is -1.37. The van der Waals surface area contributed by atoms with Crippen LogP contribution < -0.4 is 5.56 Å². The molecule has 0 radical (unpaired) electrons. The lowest BCUT2D eigenvalue weighted by Crippen LogP contribution is -2.21. The first-order valence-corrected chi connectivity index (χ1v) is 5.06. The van der Waals surface area contributed by atoms with Crippen LogP contribution >= 0.6 is 0 Å². The number of ether oxygens (including phenoxy) is 1. The number of aromatic nitrogens is 2. The molecule has 1 aromatic heterocycles. The van der Waals surface area contributed by atoms with Crippen LogP contribution in [-0.2, 0) is 17.8 Å². The molecule has 0 unspecified atom stereocenters. The molecule has 0 amide bonds. The van der Waals surface area contributed by atoms with Gasteiger partial charge in [0.15, 0.2) is 0 Å². The minimum atomic E-state index is -4.38. The molecule has 1 rings (SSSR count). The van der Waals surface area contributed by atoms with Crippen molar-refractivity contribution in [3.63, 3.8) is 0 Å². The van der Waals surface area contributed by atoms with Crippen LogP contribution in [0.15, 0.2) is 4.79 Å². The van der Waals surface area contributed by atoms with E-state index in [9.17, 15) is 18.0 Å². The van der Waals surface area contributed by atoms with Crippen molar-refractivity contribution in [1.82, 2.24) is 9.97 Å². The Balaban J connectivity index is 2.71. The molecular formula is C10H13F3N2O2. The molecule has 0 bridgehead atoms. The first-order valence-electron chi connectivity index (χ1n) is 5.06. The van der Waals surface area contributed by atoms with Crippen LogP contribution in [0, 0.1) is 6.92 Å². The summed E-state index contributed by atoms with van der Waals surface area (Å²) in [4.78, 5) is 17.8. The van der Waals surface area contributed by atoms with Gasteiger partial charge < -0.3 is 9.72 Å². The van der Waals surface area contributed by atoms with E-state index in [1.165, 1.54) is 0 Å². The van der Waals surface area contributed by atoms with Gasteiger partial charge in [-0.25, -0.2) is 4.98 Å². The van der Waals surface area contributed by atoms with Crippen LogP contribution in [0.25, 0.3) is 0 Å². The highest BCUT2D eigenvalue weighted by Crippen LogP contribution is 2.15. The predicted octanol–water partition coefficient (Wildman–Crippen LogP) is 1.72. The summed E-state index contributed by atoms with van der Waals surface area (Å²) in [7, 11) is 0. The number of hydrogen-bond donors (Lipinski definition) is 1. The van der Waals surface area contributed by atoms with Crippen molar-refractivity contribution in [2.24, 2.45) is 0 Å². The Bertz CT molecular complexity index is 440. The predicted molar refractivity (Wildman–Crippen MR) is 54.7 cm³/mol. The first kappa shape index (κ1) is 13.7. The Morgan fingerprint density at radius 1 is 1.41 bits per heavy atom. The van der Waals surface area contributed by atoms with E-state index < -0.39 is 12.8 Å². The summed E-state index contributed by atoms with van der Waals surface area (Å²) in [5.74, 6) is 0.106. The summed E-state index contributed by atoms with van der Waals surface area (Å²) in [6.07, 6.45) is -3.85. The third kappa shape index (κ3) is 4.18. The van der Waals surface area contributed by atoms with E-state index in [0.717, 1.165) is 0 Å². The van der Waals surface area contributed by atoms with Gasteiger partial charge in [-0.3, -0.25) is 4.79 Å². The van der Waals surface area contributed by atoms with Crippen molar-refractivity contribution in [2.75, 3.05) is 6.61 Å². The molecule has 0 aliphatic heterocycles. The van der Waals surface area contributed by atoms with Crippen LogP contribution in [0.2, 0.25) is 0 Å². The number of aromatic amines is 1. The second kappa shape index (κ2) is 5.31. The smallest absolute Gasteiger partial charge is 0.364 e. The molecule has 0 aliphatic carbocycles. The molecule has 0 fully saturated rings. The number of alkyl halides is 3. The van der Waals surface area contributed by atoms with Crippen molar-refractivity contribution < 1.29 is 17.9 Å². The van der Waals surface area contributed by atoms with E-state index in [0.29, 0.717) is 17.7 Å². The van der Waals surface area contributed by atoms with Crippen LogP contribution in [0.4, 0.5) is 13.2 Å². The Morgan fingerprint density at radius 3 is 2.53 bits per heavy atom. The van der Waals surface area contributed by atoms with Crippen LogP contribution in [0.5, 0.6) is 0 Å². The normalized spacial score (nSPS) is 11.8. The summed E-state index contributed by atoms with van der Waals surface area (Å²) in [5, 5.41) is 0. The number of aryl methyl sites for hydroxylation is 1. The summed E-state index contributed by atoms with van der Waals surface area (Å²) < 4.78 is 39.9. The molecule has 4 nitrogen and oxygen atoms in total. The average molecular weight is 250 g/mol. The highest BCUT2D eigenvalue weighted by atomic mass is 19.4. The zero-order valence-electron chi connectivity index (χ0n) is 9.52. The van der Waals surface area contributed by atoms with Gasteiger partial charge in [0.05, 0.1) is 0 Å². The van der Waals surface area contributed by atoms with Crippen molar-refractivity contribution in [3.8, 4) is 0 Å². The first-order chi connectivity index (χ1) is 7.83. The van der Waals surface area contributed by atoms with Crippen molar-refractivity contribution >= 4 is 0 Å². The molecule has 0 aromatic carbocycles. The second-order valence-corrected chi connectivity index (χ2v) is 3.54. The molecule has 0 saturated heterocycles. The number of nitrogens with zero attached hydrogens (tertiary/aromatic N) is 1. The summed E-state index contributed by atoms with van der Waals surface area (Å²) >= 11 is 0. The molecule has 1 N–H and O–H groups in total. The Labute approximate surface area is 95.8 Å². The molecule has 7 heteroatoms. The lowest BCUT2D eigenvalue weighted by molar-refractivity contribution is -0.177. The number of H-pyrrole nitrogens is 1. The van der Waals surface area contributed by atoms with Gasteiger partial charge in [0.1, 0.15) is 19.0 Å². The Morgan fingerprint density at radius 2 is 2.06 bits per heavy atom. The third-order valence-electron chi connectivity index (χ3n) is 2.13. The van der Waals surface area contributed by atoms with Crippen LogP contribution in [-0.4, -0.2) is 22.8 Å². The lowest BCUT2D eigenvalue weighted by Gasteiger charge is -2.08. The van der Waals surface area contributed by atoms with E-state index >= 15 is 0 Å². The molecule has 96 valence electrons. The molecule has 0 saturated carbocycles. The number of rotatable bonds is 4. The van der Waals surface area contributed by atoms with Crippen molar-refractivity contribution in [3.05, 3.63) is 27.4 Å². The van der Waals surface area contributed by atoms with Gasteiger partial charge in [0, 0.05) is 11.3 Å². The van der Waals surface area contributed by atoms with Gasteiger partial charge in [0.25, 0.3) is 5.56 Å². The monoisotopic (exact) mass is 250 g/mol. The van der Waals surface area contributed by atoms with Gasteiger partial charge in [0.2, 0.25) is 0 Å². The zero-order chi connectivity index (χ0) is 13.1. The fourth-order valence-electron chi connectivity index (χ4n) is 1.42. The Kier molecular flexibility index (Phi) is 4.28. The summed E-state index contributed by atoms with van der Waals surface area (Å²) in [5.41, 5.74) is 0.719. The second-order valence-electron chi connectivity index (χ2n) is 3.54. The van der Waals surface area contributed by atoms with Gasteiger partial charge >= 0.3 is 6.18 Å². The number of nitrogens with one attached hydrogen (secondary N) is 1. The highest BCUT2D eigenvalue weighted by molar-refractivity contribution is 5.15. The van der Waals surface area contributed by atoms with Gasteiger partial charge in [-0.05, 0) is 13.3 Å². The van der Waals surface area contributed by atoms with E-state index in [-0.39, 0.29) is 18.0 Å². The fourth-order valence-corrected chi connectivity index (χ4v) is 1.42. The molecule has 0 atom stereocenters. The fraction of sp³-hybridized carbons (Fsp3) is 0.600. The molecule has 1 aromatic rings. The molecule has 0 spiro atoms. The van der Waals surface area contributed by atoms with Crippen molar-refractivity contribution in [1.29, 1.82) is 0 Å². The summed E-state index contributed by atoms with van der Waals surface area (Å²) in [6.45, 7) is 1.73. The minimum Gasteiger partial charge on any atom is -0.364 e. The molecule has 1 heterocycles. The molecule has 0 aliphatic rings. The maximum absolute atomic E-state index is 11.8. The third-order valence-corrected chi connectivity index (χ3v) is 2.13. The minimum absolute atomic E-state index is 0.106. The SMILES string of the molecule is CCc1c(C)nc(COCC(F)(F)F)[nH]c1=O. The highest BCUT2D eigenvalue weighted by Gasteiger charge is 2.27. The molecular weight excluding hydrogens is 237 g/mol. The van der Waals surface area contributed by atoms with Crippen molar-refractivity contribution in [2.45, 2.75) is 33.1 Å². The van der Waals surface area contributed by atoms with Crippen LogP contribution in [0.3, 0.4) is 0 Å². The number of hydrogen-bond acceptors (Lipinski definition) is 3. The quantitative estimate of drug-likeness (QED) is 0.885. The average Bonchev–Trinajstić information content (AvgIpc) is 2.15. The molecule has 17 heavy (non-hydrogen) atoms.